The number of rotatable bonds is 7. The lowest BCUT2D eigenvalue weighted by Crippen LogP contribution is -2.35. The number of carbonyl (C=O) groups is 1. The third kappa shape index (κ3) is 6.70. The first kappa shape index (κ1) is 16.5. The fourth-order valence-electron chi connectivity index (χ4n) is 1.77. The van der Waals surface area contributed by atoms with Crippen LogP contribution in [0.25, 0.3) is 0 Å². The molecule has 0 fully saturated rings. The Bertz CT molecular complexity index is 228. The third-order valence-corrected chi connectivity index (χ3v) is 3.25. The van der Waals surface area contributed by atoms with E-state index in [1.165, 1.54) is 19.3 Å². The molecular formula is C15H30O2. The molecule has 0 N–H and O–H groups in total. The average molecular weight is 242 g/mol. The Morgan fingerprint density at radius 2 is 1.59 bits per heavy atom. The van der Waals surface area contributed by atoms with Crippen molar-refractivity contribution in [3.8, 4) is 0 Å². The van der Waals surface area contributed by atoms with E-state index in [0.717, 1.165) is 19.3 Å². The van der Waals surface area contributed by atoms with Crippen molar-refractivity contribution < 1.29 is 9.53 Å². The first-order valence-electron chi connectivity index (χ1n) is 6.98. The van der Waals surface area contributed by atoms with Gasteiger partial charge >= 0.3 is 5.97 Å². The van der Waals surface area contributed by atoms with Crippen LogP contribution >= 0.6 is 0 Å². The number of carbonyl (C=O) groups excluding carboxylic acids is 1. The monoisotopic (exact) mass is 242 g/mol. The molecule has 0 radical (unpaired) electrons. The van der Waals surface area contributed by atoms with Gasteiger partial charge in [0.1, 0.15) is 5.60 Å². The standard InChI is InChI=1S/C15H30O2/c1-7-9-10-11-12-15(6,8-2)13(16)17-14(3,4)5/h7-12H2,1-6H3. The van der Waals surface area contributed by atoms with E-state index in [1.807, 2.05) is 27.7 Å². The van der Waals surface area contributed by atoms with Gasteiger partial charge in [-0.3, -0.25) is 4.79 Å². The first-order valence-corrected chi connectivity index (χ1v) is 6.98. The molecule has 0 aliphatic heterocycles. The minimum Gasteiger partial charge on any atom is -0.460 e. The molecule has 0 heterocycles. The Morgan fingerprint density at radius 3 is 2.00 bits per heavy atom. The Hall–Kier alpha value is -0.530. The van der Waals surface area contributed by atoms with Crippen molar-refractivity contribution >= 4 is 5.97 Å². The average Bonchev–Trinajstić information content (AvgIpc) is 2.21. The van der Waals surface area contributed by atoms with Gasteiger partial charge in [0.15, 0.2) is 0 Å². The van der Waals surface area contributed by atoms with Gasteiger partial charge in [0.05, 0.1) is 5.41 Å². The van der Waals surface area contributed by atoms with Gasteiger partial charge in [-0.15, -0.1) is 0 Å². The molecule has 0 aromatic heterocycles. The highest BCUT2D eigenvalue weighted by Crippen LogP contribution is 2.31. The normalized spacial score (nSPS) is 15.4. The molecule has 0 aromatic carbocycles. The molecule has 17 heavy (non-hydrogen) atoms. The number of hydrogen-bond acceptors (Lipinski definition) is 2. The summed E-state index contributed by atoms with van der Waals surface area (Å²) in [5.41, 5.74) is -0.683. The molecular weight excluding hydrogens is 212 g/mol. The van der Waals surface area contributed by atoms with Crippen molar-refractivity contribution in [1.29, 1.82) is 0 Å². The lowest BCUT2D eigenvalue weighted by Gasteiger charge is -2.30. The highest BCUT2D eigenvalue weighted by Gasteiger charge is 2.34. The van der Waals surface area contributed by atoms with Crippen LogP contribution in [-0.4, -0.2) is 11.6 Å². The largest absolute Gasteiger partial charge is 0.460 e. The zero-order valence-corrected chi connectivity index (χ0v) is 12.6. The van der Waals surface area contributed by atoms with Crippen molar-refractivity contribution in [2.45, 2.75) is 85.7 Å². The van der Waals surface area contributed by atoms with Crippen LogP contribution in [0.5, 0.6) is 0 Å². The van der Waals surface area contributed by atoms with Crippen LogP contribution in [0, 0.1) is 5.41 Å². The summed E-state index contributed by atoms with van der Waals surface area (Å²) in [7, 11) is 0. The SMILES string of the molecule is CCCCCCC(C)(CC)C(=O)OC(C)(C)C. The molecule has 0 bridgehead atoms. The van der Waals surface area contributed by atoms with Crippen molar-refractivity contribution in [2.24, 2.45) is 5.41 Å². The zero-order chi connectivity index (χ0) is 13.5. The summed E-state index contributed by atoms with van der Waals surface area (Å²) in [6, 6.07) is 0. The Balaban J connectivity index is 4.29. The summed E-state index contributed by atoms with van der Waals surface area (Å²) < 4.78 is 5.51. The Morgan fingerprint density at radius 1 is 1.00 bits per heavy atom. The van der Waals surface area contributed by atoms with Crippen molar-refractivity contribution in [3.63, 3.8) is 0 Å². The highest BCUT2D eigenvalue weighted by atomic mass is 16.6. The summed E-state index contributed by atoms with van der Waals surface area (Å²) in [5, 5.41) is 0. The molecule has 0 aliphatic rings. The molecule has 0 aromatic rings. The summed E-state index contributed by atoms with van der Waals surface area (Å²) in [6.07, 6.45) is 6.63. The summed E-state index contributed by atoms with van der Waals surface area (Å²) in [6.45, 7) is 12.1. The van der Waals surface area contributed by atoms with Gasteiger partial charge in [-0.1, -0.05) is 39.5 Å². The van der Waals surface area contributed by atoms with E-state index in [0.29, 0.717) is 0 Å². The maximum absolute atomic E-state index is 12.2. The maximum Gasteiger partial charge on any atom is 0.312 e. The zero-order valence-electron chi connectivity index (χ0n) is 12.6. The molecule has 0 amide bonds. The van der Waals surface area contributed by atoms with Crippen molar-refractivity contribution in [3.05, 3.63) is 0 Å². The van der Waals surface area contributed by atoms with Crippen LogP contribution in [0.2, 0.25) is 0 Å². The first-order chi connectivity index (χ1) is 7.75. The molecule has 2 nitrogen and oxygen atoms in total. The second kappa shape index (κ2) is 7.03. The molecule has 0 spiro atoms. The summed E-state index contributed by atoms with van der Waals surface area (Å²) in [5.74, 6) is -0.0380. The van der Waals surface area contributed by atoms with E-state index in [9.17, 15) is 4.79 Å². The van der Waals surface area contributed by atoms with Crippen LogP contribution in [0.15, 0.2) is 0 Å². The van der Waals surface area contributed by atoms with Gasteiger partial charge < -0.3 is 4.74 Å². The van der Waals surface area contributed by atoms with Crippen LogP contribution < -0.4 is 0 Å². The summed E-state index contributed by atoms with van der Waals surface area (Å²) in [4.78, 5) is 12.2. The lowest BCUT2D eigenvalue weighted by molar-refractivity contribution is -0.167. The van der Waals surface area contributed by atoms with Gasteiger partial charge in [-0.2, -0.15) is 0 Å². The summed E-state index contributed by atoms with van der Waals surface area (Å²) >= 11 is 0. The van der Waals surface area contributed by atoms with Crippen LogP contribution in [0.3, 0.4) is 0 Å². The second-order valence-corrected chi connectivity index (χ2v) is 6.23. The molecule has 0 saturated heterocycles. The second-order valence-electron chi connectivity index (χ2n) is 6.23. The number of unbranched alkanes of at least 4 members (excludes halogenated alkanes) is 3. The van der Waals surface area contributed by atoms with Crippen LogP contribution in [0.4, 0.5) is 0 Å². The quantitative estimate of drug-likeness (QED) is 0.477. The van der Waals surface area contributed by atoms with Crippen molar-refractivity contribution in [2.75, 3.05) is 0 Å². The van der Waals surface area contributed by atoms with Crippen LogP contribution in [0.1, 0.15) is 80.1 Å². The number of hydrogen-bond donors (Lipinski definition) is 0. The number of esters is 1. The van der Waals surface area contributed by atoms with E-state index in [4.69, 9.17) is 4.74 Å². The van der Waals surface area contributed by atoms with Crippen molar-refractivity contribution in [1.82, 2.24) is 0 Å². The van der Waals surface area contributed by atoms with E-state index in [-0.39, 0.29) is 17.0 Å². The lowest BCUT2D eigenvalue weighted by atomic mass is 9.82. The van der Waals surface area contributed by atoms with Gasteiger partial charge in [0.2, 0.25) is 0 Å². The molecule has 0 rings (SSSR count). The van der Waals surface area contributed by atoms with Gasteiger partial charge in [-0.25, -0.2) is 0 Å². The number of ether oxygens (including phenoxy) is 1. The predicted molar refractivity (Wildman–Crippen MR) is 73.0 cm³/mol. The maximum atomic E-state index is 12.2. The minimum absolute atomic E-state index is 0.0380. The minimum atomic E-state index is -0.378. The van der Waals surface area contributed by atoms with E-state index < -0.39 is 0 Å². The fourth-order valence-corrected chi connectivity index (χ4v) is 1.77. The highest BCUT2D eigenvalue weighted by molar-refractivity contribution is 5.76. The topological polar surface area (TPSA) is 26.3 Å². The van der Waals surface area contributed by atoms with Gasteiger partial charge in [-0.05, 0) is 40.5 Å². The molecule has 1 atom stereocenters. The molecule has 102 valence electrons. The Kier molecular flexibility index (Phi) is 6.81. The van der Waals surface area contributed by atoms with E-state index >= 15 is 0 Å². The van der Waals surface area contributed by atoms with Crippen LogP contribution in [-0.2, 0) is 9.53 Å². The predicted octanol–water partition coefficient (Wildman–Crippen LogP) is 4.71. The molecule has 0 saturated carbocycles. The van der Waals surface area contributed by atoms with E-state index in [2.05, 4.69) is 13.8 Å². The van der Waals surface area contributed by atoms with E-state index in [1.54, 1.807) is 0 Å². The fraction of sp³-hybridized carbons (Fsp3) is 0.933. The van der Waals surface area contributed by atoms with Gasteiger partial charge in [0, 0.05) is 0 Å². The van der Waals surface area contributed by atoms with Gasteiger partial charge in [0.25, 0.3) is 0 Å². The molecule has 2 heteroatoms. The Labute approximate surface area is 107 Å². The molecule has 1 unspecified atom stereocenters. The molecule has 0 aliphatic carbocycles. The third-order valence-electron chi connectivity index (χ3n) is 3.25. The smallest absolute Gasteiger partial charge is 0.312 e.